The number of nitrogens with zero attached hydrogens (tertiary/aromatic N) is 2. The van der Waals surface area contributed by atoms with Gasteiger partial charge in [-0.3, -0.25) is 4.79 Å². The Labute approximate surface area is 158 Å². The fourth-order valence-electron chi connectivity index (χ4n) is 3.48. The van der Waals surface area contributed by atoms with Crippen LogP contribution in [0.2, 0.25) is 5.02 Å². The quantitative estimate of drug-likeness (QED) is 0.520. The van der Waals surface area contributed by atoms with Gasteiger partial charge in [0.15, 0.2) is 0 Å². The summed E-state index contributed by atoms with van der Waals surface area (Å²) >= 11 is 8.55. The molecule has 0 radical (unpaired) electrons. The fourth-order valence-corrected chi connectivity index (χ4v) is 4.54. The monoisotopic (exact) mass is 454 g/mol. The molecule has 0 aliphatic heterocycles. The lowest BCUT2D eigenvalue weighted by atomic mass is 9.89. The maximum absolute atomic E-state index is 13.2. The summed E-state index contributed by atoms with van der Waals surface area (Å²) in [6.45, 7) is 0. The Kier molecular flexibility index (Phi) is 4.24. The molecule has 2 aliphatic carbocycles. The third-order valence-corrected chi connectivity index (χ3v) is 6.11. The average molecular weight is 455 g/mol. The number of rotatable bonds is 3. The zero-order valence-corrected chi connectivity index (χ0v) is 15.9. The molecular weight excluding hydrogens is 439 g/mol. The molecule has 0 bridgehead atoms. The molecule has 0 saturated heterocycles. The number of carbonyl (C=O) groups excluding carboxylic acids is 2. The molecule has 0 spiro atoms. The maximum atomic E-state index is 13.2. The Morgan fingerprint density at radius 3 is 2.83 bits per heavy atom. The first-order valence-corrected chi connectivity index (χ1v) is 9.60. The Morgan fingerprint density at radius 1 is 1.33 bits per heavy atom. The van der Waals surface area contributed by atoms with Crippen LogP contribution in [0.15, 0.2) is 18.2 Å². The van der Waals surface area contributed by atoms with E-state index in [-0.39, 0.29) is 11.8 Å². The highest BCUT2D eigenvalue weighted by molar-refractivity contribution is 14.1. The van der Waals surface area contributed by atoms with Gasteiger partial charge in [-0.1, -0.05) is 23.7 Å². The Morgan fingerprint density at radius 2 is 2.12 bits per heavy atom. The standard InChI is InChI=1S/C18H16ClIN2O2/c19-14-3-1-2-12(11-5-6-11)16(14)18(24)22-15-8-10(9-23)4-7-13(15)17(20)21-22/h1-3,9-11H,4-8H2. The van der Waals surface area contributed by atoms with E-state index >= 15 is 0 Å². The van der Waals surface area contributed by atoms with Gasteiger partial charge in [0.2, 0.25) is 0 Å². The largest absolute Gasteiger partial charge is 0.303 e. The molecule has 24 heavy (non-hydrogen) atoms. The van der Waals surface area contributed by atoms with E-state index in [2.05, 4.69) is 27.7 Å². The predicted octanol–water partition coefficient (Wildman–Crippen LogP) is 4.01. The second-order valence-electron chi connectivity index (χ2n) is 6.55. The van der Waals surface area contributed by atoms with Crippen molar-refractivity contribution in [3.8, 4) is 0 Å². The molecule has 124 valence electrons. The van der Waals surface area contributed by atoms with Gasteiger partial charge in [0.1, 0.15) is 9.99 Å². The molecule has 1 fully saturated rings. The van der Waals surface area contributed by atoms with Crippen LogP contribution in [0.1, 0.15) is 52.4 Å². The van der Waals surface area contributed by atoms with Crippen molar-refractivity contribution >= 4 is 46.4 Å². The molecule has 6 heteroatoms. The molecule has 0 amide bonds. The van der Waals surface area contributed by atoms with Crippen LogP contribution >= 0.6 is 34.2 Å². The summed E-state index contributed by atoms with van der Waals surface area (Å²) in [7, 11) is 0. The summed E-state index contributed by atoms with van der Waals surface area (Å²) in [5, 5.41) is 4.96. The second kappa shape index (κ2) is 6.26. The van der Waals surface area contributed by atoms with Crippen molar-refractivity contribution in [1.82, 2.24) is 9.78 Å². The number of hydrogen-bond donors (Lipinski definition) is 0. The lowest BCUT2D eigenvalue weighted by Gasteiger charge is -2.19. The summed E-state index contributed by atoms with van der Waals surface area (Å²) < 4.78 is 2.33. The lowest BCUT2D eigenvalue weighted by molar-refractivity contribution is -0.111. The van der Waals surface area contributed by atoms with E-state index in [1.165, 1.54) is 4.68 Å². The maximum Gasteiger partial charge on any atom is 0.280 e. The minimum absolute atomic E-state index is 0.0364. The number of benzene rings is 1. The van der Waals surface area contributed by atoms with Gasteiger partial charge in [0, 0.05) is 11.5 Å². The third kappa shape index (κ3) is 2.71. The summed E-state index contributed by atoms with van der Waals surface area (Å²) in [5.41, 5.74) is 3.56. The molecule has 4 nitrogen and oxygen atoms in total. The molecule has 1 atom stereocenters. The van der Waals surface area contributed by atoms with E-state index < -0.39 is 0 Å². The number of aromatic nitrogens is 2. The summed E-state index contributed by atoms with van der Waals surface area (Å²) in [4.78, 5) is 24.4. The first-order chi connectivity index (χ1) is 11.6. The van der Waals surface area contributed by atoms with Gasteiger partial charge < -0.3 is 4.79 Å². The van der Waals surface area contributed by atoms with Crippen LogP contribution in [0.25, 0.3) is 0 Å². The van der Waals surface area contributed by atoms with E-state index in [1.54, 1.807) is 6.07 Å². The first-order valence-electron chi connectivity index (χ1n) is 8.14. The number of hydrogen-bond acceptors (Lipinski definition) is 3. The number of carbonyl (C=O) groups is 2. The smallest absolute Gasteiger partial charge is 0.280 e. The van der Waals surface area contributed by atoms with E-state index in [1.807, 2.05) is 12.1 Å². The van der Waals surface area contributed by atoms with Crippen molar-refractivity contribution in [2.75, 3.05) is 0 Å². The van der Waals surface area contributed by atoms with Gasteiger partial charge in [-0.25, -0.2) is 0 Å². The molecule has 1 unspecified atom stereocenters. The van der Waals surface area contributed by atoms with Gasteiger partial charge in [-0.05, 0) is 72.2 Å². The SMILES string of the molecule is O=CC1CCc2c(I)nn(C(=O)c3c(Cl)cccc3C3CC3)c2C1. The van der Waals surface area contributed by atoms with Crippen LogP contribution < -0.4 is 0 Å². The highest BCUT2D eigenvalue weighted by atomic mass is 127. The van der Waals surface area contributed by atoms with Crippen LogP contribution in [0.3, 0.4) is 0 Å². The first kappa shape index (κ1) is 16.3. The summed E-state index contributed by atoms with van der Waals surface area (Å²) in [6, 6.07) is 5.65. The van der Waals surface area contributed by atoms with Crippen molar-refractivity contribution in [1.29, 1.82) is 0 Å². The highest BCUT2D eigenvalue weighted by Crippen LogP contribution is 2.43. The van der Waals surface area contributed by atoms with Crippen LogP contribution in [0, 0.1) is 9.62 Å². The third-order valence-electron chi connectivity index (χ3n) is 4.92. The molecule has 1 aromatic heterocycles. The number of halogens is 2. The Balaban J connectivity index is 1.81. The van der Waals surface area contributed by atoms with E-state index in [0.29, 0.717) is 22.9 Å². The molecule has 0 N–H and O–H groups in total. The van der Waals surface area contributed by atoms with Gasteiger partial charge in [-0.15, -0.1) is 0 Å². The zero-order chi connectivity index (χ0) is 16.8. The number of fused-ring (bicyclic) bond motifs is 1. The van der Waals surface area contributed by atoms with Gasteiger partial charge in [0.25, 0.3) is 5.91 Å². The normalized spacial score (nSPS) is 19.8. The molecule has 1 heterocycles. The second-order valence-corrected chi connectivity index (χ2v) is 7.98. The lowest BCUT2D eigenvalue weighted by Crippen LogP contribution is -2.23. The highest BCUT2D eigenvalue weighted by Gasteiger charge is 2.33. The molecule has 1 aromatic carbocycles. The molecular formula is C18H16ClIN2O2. The van der Waals surface area contributed by atoms with Gasteiger partial charge in [-0.2, -0.15) is 9.78 Å². The average Bonchev–Trinajstić information content (AvgIpc) is 3.38. The predicted molar refractivity (Wildman–Crippen MR) is 99.7 cm³/mol. The van der Waals surface area contributed by atoms with E-state index in [9.17, 15) is 9.59 Å². The topological polar surface area (TPSA) is 52.0 Å². The molecule has 4 rings (SSSR count). The van der Waals surface area contributed by atoms with E-state index in [0.717, 1.165) is 52.5 Å². The van der Waals surface area contributed by atoms with Crippen molar-refractivity contribution in [3.05, 3.63) is 49.3 Å². The van der Waals surface area contributed by atoms with Crippen LogP contribution in [-0.4, -0.2) is 22.0 Å². The minimum atomic E-state index is -0.173. The Hall–Kier alpha value is -1.21. The zero-order valence-electron chi connectivity index (χ0n) is 13.0. The van der Waals surface area contributed by atoms with Crippen LogP contribution in [0.4, 0.5) is 0 Å². The van der Waals surface area contributed by atoms with Crippen molar-refractivity contribution in [2.24, 2.45) is 5.92 Å². The van der Waals surface area contributed by atoms with E-state index in [4.69, 9.17) is 11.6 Å². The summed E-state index contributed by atoms with van der Waals surface area (Å²) in [5.74, 6) is 0.217. The molecule has 2 aromatic rings. The fraction of sp³-hybridized carbons (Fsp3) is 0.389. The number of aldehydes is 1. The van der Waals surface area contributed by atoms with Crippen molar-refractivity contribution in [2.45, 2.75) is 38.0 Å². The molecule has 1 saturated carbocycles. The summed E-state index contributed by atoms with van der Waals surface area (Å²) in [6.07, 6.45) is 5.38. The van der Waals surface area contributed by atoms with Crippen LogP contribution in [-0.2, 0) is 17.6 Å². The van der Waals surface area contributed by atoms with Gasteiger partial charge in [0.05, 0.1) is 16.3 Å². The van der Waals surface area contributed by atoms with Crippen molar-refractivity contribution in [3.63, 3.8) is 0 Å². The van der Waals surface area contributed by atoms with Crippen molar-refractivity contribution < 1.29 is 9.59 Å². The molecule has 2 aliphatic rings. The Bertz CT molecular complexity index is 842. The minimum Gasteiger partial charge on any atom is -0.303 e. The van der Waals surface area contributed by atoms with Crippen LogP contribution in [0.5, 0.6) is 0 Å². The van der Waals surface area contributed by atoms with Gasteiger partial charge >= 0.3 is 0 Å².